The van der Waals surface area contributed by atoms with Crippen LogP contribution in [-0.2, 0) is 29.2 Å². The Morgan fingerprint density at radius 1 is 1.19 bits per heavy atom. The quantitative estimate of drug-likeness (QED) is 0.759. The van der Waals surface area contributed by atoms with Gasteiger partial charge in [0.2, 0.25) is 0 Å². The monoisotopic (exact) mass is 356 g/mol. The molecular formula is C19H24N4O3. The molecule has 0 radical (unpaired) electrons. The van der Waals surface area contributed by atoms with Crippen molar-refractivity contribution in [3.8, 4) is 5.75 Å². The lowest BCUT2D eigenvalue weighted by Crippen LogP contribution is -2.35. The Morgan fingerprint density at radius 2 is 2.04 bits per heavy atom. The Kier molecular flexibility index (Phi) is 5.15. The van der Waals surface area contributed by atoms with Gasteiger partial charge in [-0.25, -0.2) is 4.68 Å². The third kappa shape index (κ3) is 4.22. The number of benzene rings is 1. The van der Waals surface area contributed by atoms with Gasteiger partial charge in [-0.3, -0.25) is 4.79 Å². The molecule has 1 aromatic carbocycles. The number of carbonyl (C=O) groups excluding carboxylic acids is 1. The van der Waals surface area contributed by atoms with Crippen LogP contribution in [0.4, 0.5) is 0 Å². The number of ether oxygens (including phenoxy) is 2. The van der Waals surface area contributed by atoms with Crippen molar-refractivity contribution >= 4 is 5.91 Å². The van der Waals surface area contributed by atoms with E-state index in [2.05, 4.69) is 10.3 Å². The summed E-state index contributed by atoms with van der Waals surface area (Å²) < 4.78 is 13.3. The first-order chi connectivity index (χ1) is 12.8. The molecule has 26 heavy (non-hydrogen) atoms. The number of hydrogen-bond donors (Lipinski definition) is 0. The molecule has 0 atom stereocenters. The molecule has 7 heteroatoms. The Hall–Kier alpha value is -2.41. The SMILES string of the molecule is O=C(COc1ccccc1)N1CCCn2nnc(COCC3CC3)c2C1. The number of rotatable bonds is 7. The van der Waals surface area contributed by atoms with E-state index < -0.39 is 0 Å². The van der Waals surface area contributed by atoms with Crippen molar-refractivity contribution in [1.82, 2.24) is 19.9 Å². The summed E-state index contributed by atoms with van der Waals surface area (Å²) in [5, 5.41) is 8.50. The van der Waals surface area contributed by atoms with E-state index in [1.54, 1.807) is 0 Å². The zero-order valence-corrected chi connectivity index (χ0v) is 14.8. The third-order valence-corrected chi connectivity index (χ3v) is 4.80. The second-order valence-electron chi connectivity index (χ2n) is 6.94. The number of aromatic nitrogens is 3. The summed E-state index contributed by atoms with van der Waals surface area (Å²) in [5.41, 5.74) is 1.82. The fourth-order valence-electron chi connectivity index (χ4n) is 3.08. The lowest BCUT2D eigenvalue weighted by atomic mass is 10.3. The number of nitrogens with zero attached hydrogens (tertiary/aromatic N) is 4. The van der Waals surface area contributed by atoms with Crippen LogP contribution in [0.25, 0.3) is 0 Å². The maximum atomic E-state index is 12.6. The van der Waals surface area contributed by atoms with E-state index in [0.29, 0.717) is 25.4 Å². The van der Waals surface area contributed by atoms with Crippen molar-refractivity contribution < 1.29 is 14.3 Å². The number of carbonyl (C=O) groups is 1. The van der Waals surface area contributed by atoms with E-state index in [0.717, 1.165) is 36.9 Å². The van der Waals surface area contributed by atoms with Crippen LogP contribution >= 0.6 is 0 Å². The molecule has 0 unspecified atom stereocenters. The molecule has 0 bridgehead atoms. The zero-order valence-electron chi connectivity index (χ0n) is 14.8. The first-order valence-corrected chi connectivity index (χ1v) is 9.24. The summed E-state index contributed by atoms with van der Waals surface area (Å²) in [6.45, 7) is 3.27. The standard InChI is InChI=1S/C19H24N4O3/c24-19(14-26-16-5-2-1-3-6-16)22-9-4-10-23-18(11-22)17(20-21-23)13-25-12-15-7-8-15/h1-3,5-6,15H,4,7-14H2. The van der Waals surface area contributed by atoms with E-state index in [-0.39, 0.29) is 12.5 Å². The second kappa shape index (κ2) is 7.86. The zero-order chi connectivity index (χ0) is 17.8. The Morgan fingerprint density at radius 3 is 2.85 bits per heavy atom. The van der Waals surface area contributed by atoms with Crippen LogP contribution in [0.15, 0.2) is 30.3 Å². The molecule has 0 saturated heterocycles. The molecule has 1 amide bonds. The van der Waals surface area contributed by atoms with Gasteiger partial charge in [-0.2, -0.15) is 0 Å². The van der Waals surface area contributed by atoms with Crippen molar-refractivity contribution in [3.05, 3.63) is 41.7 Å². The van der Waals surface area contributed by atoms with Gasteiger partial charge in [0.05, 0.1) is 18.8 Å². The van der Waals surface area contributed by atoms with Crippen LogP contribution < -0.4 is 4.74 Å². The third-order valence-electron chi connectivity index (χ3n) is 4.80. The van der Waals surface area contributed by atoms with Crippen molar-refractivity contribution in [2.24, 2.45) is 5.92 Å². The molecular weight excluding hydrogens is 332 g/mol. The van der Waals surface area contributed by atoms with E-state index in [4.69, 9.17) is 9.47 Å². The average molecular weight is 356 g/mol. The summed E-state index contributed by atoms with van der Waals surface area (Å²) in [4.78, 5) is 14.4. The van der Waals surface area contributed by atoms with Crippen LogP contribution in [0, 0.1) is 5.92 Å². The lowest BCUT2D eigenvalue weighted by molar-refractivity contribution is -0.134. The van der Waals surface area contributed by atoms with E-state index >= 15 is 0 Å². The molecule has 1 aromatic heterocycles. The van der Waals surface area contributed by atoms with Gasteiger partial charge in [0, 0.05) is 19.7 Å². The largest absolute Gasteiger partial charge is 0.484 e. The van der Waals surface area contributed by atoms with Crippen LogP contribution in [0.5, 0.6) is 5.75 Å². The highest BCUT2D eigenvalue weighted by atomic mass is 16.5. The van der Waals surface area contributed by atoms with Crippen LogP contribution in [0.3, 0.4) is 0 Å². The maximum absolute atomic E-state index is 12.6. The van der Waals surface area contributed by atoms with Crippen molar-refractivity contribution in [2.75, 3.05) is 19.8 Å². The molecule has 4 rings (SSSR count). The molecule has 1 aliphatic heterocycles. The summed E-state index contributed by atoms with van der Waals surface area (Å²) in [7, 11) is 0. The number of aryl methyl sites for hydroxylation is 1. The summed E-state index contributed by atoms with van der Waals surface area (Å²) in [6.07, 6.45) is 3.39. The molecule has 1 fully saturated rings. The maximum Gasteiger partial charge on any atom is 0.260 e. The van der Waals surface area contributed by atoms with Crippen molar-refractivity contribution in [2.45, 2.75) is 39.0 Å². The van der Waals surface area contributed by atoms with Gasteiger partial charge in [-0.15, -0.1) is 5.10 Å². The first kappa shape index (κ1) is 17.0. The molecule has 1 aliphatic carbocycles. The molecule has 0 spiro atoms. The molecule has 7 nitrogen and oxygen atoms in total. The first-order valence-electron chi connectivity index (χ1n) is 9.24. The van der Waals surface area contributed by atoms with Crippen LogP contribution in [-0.4, -0.2) is 45.6 Å². The minimum Gasteiger partial charge on any atom is -0.484 e. The van der Waals surface area contributed by atoms with E-state index in [9.17, 15) is 4.79 Å². The van der Waals surface area contributed by atoms with Crippen LogP contribution in [0.2, 0.25) is 0 Å². The Labute approximate surface area is 152 Å². The minimum absolute atomic E-state index is 0.0200. The highest BCUT2D eigenvalue weighted by molar-refractivity contribution is 5.77. The van der Waals surface area contributed by atoms with Gasteiger partial charge in [-0.1, -0.05) is 23.4 Å². The fraction of sp³-hybridized carbons (Fsp3) is 0.526. The van der Waals surface area contributed by atoms with E-state index in [1.807, 2.05) is 39.9 Å². The number of amides is 1. The van der Waals surface area contributed by atoms with Crippen LogP contribution in [0.1, 0.15) is 30.7 Å². The predicted molar refractivity (Wildman–Crippen MR) is 94.4 cm³/mol. The van der Waals surface area contributed by atoms with Gasteiger partial charge >= 0.3 is 0 Å². The van der Waals surface area contributed by atoms with Crippen molar-refractivity contribution in [3.63, 3.8) is 0 Å². The highest BCUT2D eigenvalue weighted by Gasteiger charge is 2.25. The smallest absolute Gasteiger partial charge is 0.260 e. The molecule has 2 heterocycles. The average Bonchev–Trinajstić information content (AvgIpc) is 3.45. The fourth-order valence-corrected chi connectivity index (χ4v) is 3.08. The number of hydrogen-bond acceptors (Lipinski definition) is 5. The lowest BCUT2D eigenvalue weighted by Gasteiger charge is -2.20. The summed E-state index contributed by atoms with van der Waals surface area (Å²) in [5.74, 6) is 1.40. The predicted octanol–water partition coefficient (Wildman–Crippen LogP) is 2.02. The highest BCUT2D eigenvalue weighted by Crippen LogP contribution is 2.29. The summed E-state index contributed by atoms with van der Waals surface area (Å²) >= 11 is 0. The minimum atomic E-state index is -0.0200. The number of para-hydroxylation sites is 1. The normalized spacial score (nSPS) is 16.8. The van der Waals surface area contributed by atoms with Gasteiger partial charge in [0.25, 0.3) is 5.91 Å². The van der Waals surface area contributed by atoms with Gasteiger partial charge < -0.3 is 14.4 Å². The van der Waals surface area contributed by atoms with Gasteiger partial charge in [-0.05, 0) is 37.3 Å². The molecule has 2 aliphatic rings. The Balaban J connectivity index is 1.36. The summed E-state index contributed by atoms with van der Waals surface area (Å²) in [6, 6.07) is 9.41. The molecule has 2 aromatic rings. The molecule has 0 N–H and O–H groups in total. The molecule has 138 valence electrons. The number of fused-ring (bicyclic) bond motifs is 1. The van der Waals surface area contributed by atoms with Crippen molar-refractivity contribution in [1.29, 1.82) is 0 Å². The Bertz CT molecular complexity index is 742. The molecule has 1 saturated carbocycles. The van der Waals surface area contributed by atoms with Gasteiger partial charge in [0.15, 0.2) is 6.61 Å². The van der Waals surface area contributed by atoms with Gasteiger partial charge in [0.1, 0.15) is 11.4 Å². The topological polar surface area (TPSA) is 69.5 Å². The second-order valence-corrected chi connectivity index (χ2v) is 6.94. The van der Waals surface area contributed by atoms with E-state index in [1.165, 1.54) is 12.8 Å².